The van der Waals surface area contributed by atoms with Gasteiger partial charge in [-0.15, -0.1) is 0 Å². The molecule has 0 aromatic rings. The lowest BCUT2D eigenvalue weighted by molar-refractivity contribution is -0.0783. The topological polar surface area (TPSA) is 40.5 Å². The first kappa shape index (κ1) is 23.8. The summed E-state index contributed by atoms with van der Waals surface area (Å²) in [4.78, 5) is 0. The van der Waals surface area contributed by atoms with Gasteiger partial charge in [0.2, 0.25) is 0 Å². The minimum Gasteiger partial charge on any atom is -0.392 e. The van der Waals surface area contributed by atoms with Crippen molar-refractivity contribution in [2.45, 2.75) is 124 Å². The van der Waals surface area contributed by atoms with Crippen LogP contribution in [0.15, 0.2) is 11.6 Å². The molecular formula is C29H50O2. The van der Waals surface area contributed by atoms with Crippen LogP contribution in [0.1, 0.15) is 113 Å². The second kappa shape index (κ2) is 7.86. The highest BCUT2D eigenvalue weighted by Gasteiger charge is 2.61. The molecule has 2 heteroatoms. The Bertz CT molecular complexity index is 700. The fourth-order valence-corrected chi connectivity index (χ4v) is 9.42. The molecule has 178 valence electrons. The van der Waals surface area contributed by atoms with Crippen molar-refractivity contribution in [1.29, 1.82) is 0 Å². The number of hydrogen-bond acceptors (Lipinski definition) is 2. The first-order valence-corrected chi connectivity index (χ1v) is 13.4. The fraction of sp³-hybridized carbons (Fsp3) is 0.931. The molecular weight excluding hydrogens is 380 g/mol. The molecule has 0 aromatic heterocycles. The summed E-state index contributed by atoms with van der Waals surface area (Å²) in [6, 6.07) is 0. The summed E-state index contributed by atoms with van der Waals surface area (Å²) in [7, 11) is 0. The second-order valence-electron chi connectivity index (χ2n) is 13.8. The molecule has 0 spiro atoms. The van der Waals surface area contributed by atoms with Crippen molar-refractivity contribution in [3.8, 4) is 0 Å². The van der Waals surface area contributed by atoms with Gasteiger partial charge in [-0.3, -0.25) is 0 Å². The maximum Gasteiger partial charge on any atom is 0.0628 e. The van der Waals surface area contributed by atoms with E-state index in [2.05, 4.69) is 40.7 Å². The molecule has 0 heterocycles. The Balaban J connectivity index is 1.52. The maximum absolute atomic E-state index is 10.7. The minimum atomic E-state index is -0.525. The Hall–Kier alpha value is -0.340. The summed E-state index contributed by atoms with van der Waals surface area (Å²) >= 11 is 0. The van der Waals surface area contributed by atoms with E-state index in [4.69, 9.17) is 0 Å². The lowest BCUT2D eigenvalue weighted by Crippen LogP contribution is -2.54. The SMILES string of the molecule is C[C@H](CCCC(C)(C)O)[C@H]1CC[C@H]2[C@@H]3CC=C4C(C)(C)[C@@H](O)CC[C@]4(C)[C@H]3CC[C@]12C. The van der Waals surface area contributed by atoms with E-state index < -0.39 is 5.60 Å². The third kappa shape index (κ3) is 3.86. The highest BCUT2D eigenvalue weighted by Crippen LogP contribution is 2.68. The van der Waals surface area contributed by atoms with Gasteiger partial charge in [-0.05, 0) is 106 Å². The van der Waals surface area contributed by atoms with Gasteiger partial charge < -0.3 is 10.2 Å². The molecule has 4 aliphatic rings. The first-order chi connectivity index (χ1) is 14.3. The van der Waals surface area contributed by atoms with Crippen LogP contribution >= 0.6 is 0 Å². The van der Waals surface area contributed by atoms with Gasteiger partial charge in [-0.25, -0.2) is 0 Å². The van der Waals surface area contributed by atoms with Gasteiger partial charge in [0.05, 0.1) is 11.7 Å². The van der Waals surface area contributed by atoms with Crippen molar-refractivity contribution in [1.82, 2.24) is 0 Å². The van der Waals surface area contributed by atoms with E-state index in [1.807, 2.05) is 13.8 Å². The molecule has 0 amide bonds. The van der Waals surface area contributed by atoms with Crippen LogP contribution in [0.3, 0.4) is 0 Å². The zero-order valence-corrected chi connectivity index (χ0v) is 21.5. The van der Waals surface area contributed by atoms with E-state index in [1.165, 1.54) is 44.9 Å². The average Bonchev–Trinajstić information content (AvgIpc) is 3.01. The smallest absolute Gasteiger partial charge is 0.0628 e. The Kier molecular flexibility index (Phi) is 6.04. The molecule has 0 bridgehead atoms. The average molecular weight is 431 g/mol. The van der Waals surface area contributed by atoms with Crippen molar-refractivity contribution in [2.24, 2.45) is 45.8 Å². The molecule has 3 saturated carbocycles. The van der Waals surface area contributed by atoms with Crippen LogP contribution in [0.25, 0.3) is 0 Å². The van der Waals surface area contributed by atoms with E-state index in [-0.39, 0.29) is 11.5 Å². The molecule has 3 fully saturated rings. The van der Waals surface area contributed by atoms with Crippen molar-refractivity contribution in [2.75, 3.05) is 0 Å². The summed E-state index contributed by atoms with van der Waals surface area (Å²) in [5, 5.41) is 20.9. The molecule has 0 aromatic carbocycles. The van der Waals surface area contributed by atoms with Gasteiger partial charge in [-0.1, -0.05) is 59.1 Å². The number of aliphatic hydroxyl groups excluding tert-OH is 1. The van der Waals surface area contributed by atoms with Gasteiger partial charge >= 0.3 is 0 Å². The molecule has 4 rings (SSSR count). The Morgan fingerprint density at radius 1 is 1.03 bits per heavy atom. The second-order valence-corrected chi connectivity index (χ2v) is 13.8. The normalized spacial score (nSPS) is 45.3. The van der Waals surface area contributed by atoms with Gasteiger partial charge in [0.15, 0.2) is 0 Å². The van der Waals surface area contributed by atoms with Crippen LogP contribution < -0.4 is 0 Å². The number of fused-ring (bicyclic) bond motifs is 5. The third-order valence-electron chi connectivity index (χ3n) is 11.1. The summed E-state index contributed by atoms with van der Waals surface area (Å²) in [5.41, 5.74) is 1.79. The Morgan fingerprint density at radius 2 is 1.74 bits per heavy atom. The predicted molar refractivity (Wildman–Crippen MR) is 130 cm³/mol. The summed E-state index contributed by atoms with van der Waals surface area (Å²) < 4.78 is 0. The minimum absolute atomic E-state index is 0.0636. The van der Waals surface area contributed by atoms with Gasteiger partial charge in [0, 0.05) is 5.41 Å². The summed E-state index contributed by atoms with van der Waals surface area (Å²) in [6.07, 6.45) is 14.7. The number of aliphatic hydroxyl groups is 2. The van der Waals surface area contributed by atoms with Crippen molar-refractivity contribution in [3.63, 3.8) is 0 Å². The summed E-state index contributed by atoms with van der Waals surface area (Å²) in [5.74, 6) is 4.14. The van der Waals surface area contributed by atoms with Gasteiger partial charge in [0.25, 0.3) is 0 Å². The van der Waals surface area contributed by atoms with Gasteiger partial charge in [0.1, 0.15) is 0 Å². The van der Waals surface area contributed by atoms with Crippen LogP contribution in [0.2, 0.25) is 0 Å². The zero-order valence-electron chi connectivity index (χ0n) is 21.5. The summed E-state index contributed by atoms with van der Waals surface area (Å²) in [6.45, 7) is 16.2. The number of rotatable bonds is 5. The van der Waals surface area contributed by atoms with Crippen LogP contribution in [0.5, 0.6) is 0 Å². The molecule has 0 aliphatic heterocycles. The van der Waals surface area contributed by atoms with E-state index in [0.29, 0.717) is 10.8 Å². The van der Waals surface area contributed by atoms with Crippen molar-refractivity contribution in [3.05, 3.63) is 11.6 Å². The van der Waals surface area contributed by atoms with Crippen molar-refractivity contribution < 1.29 is 10.2 Å². The molecule has 0 saturated heterocycles. The van der Waals surface area contributed by atoms with Crippen LogP contribution in [0.4, 0.5) is 0 Å². The van der Waals surface area contributed by atoms with E-state index in [0.717, 1.165) is 48.9 Å². The largest absolute Gasteiger partial charge is 0.392 e. The number of hydrogen-bond donors (Lipinski definition) is 2. The molecule has 2 N–H and O–H groups in total. The lowest BCUT2D eigenvalue weighted by Gasteiger charge is -2.61. The highest BCUT2D eigenvalue weighted by molar-refractivity contribution is 5.31. The quantitative estimate of drug-likeness (QED) is 0.455. The highest BCUT2D eigenvalue weighted by atomic mass is 16.3. The molecule has 0 unspecified atom stereocenters. The molecule has 8 atom stereocenters. The predicted octanol–water partition coefficient (Wildman–Crippen LogP) is 7.14. The molecule has 31 heavy (non-hydrogen) atoms. The van der Waals surface area contributed by atoms with Gasteiger partial charge in [-0.2, -0.15) is 0 Å². The van der Waals surface area contributed by atoms with Crippen molar-refractivity contribution >= 4 is 0 Å². The van der Waals surface area contributed by atoms with E-state index in [9.17, 15) is 10.2 Å². The molecule has 4 aliphatic carbocycles. The maximum atomic E-state index is 10.7. The van der Waals surface area contributed by atoms with E-state index in [1.54, 1.807) is 5.57 Å². The standard InChI is InChI=1S/C29H50O2/c1-19(9-8-16-26(2,3)31)21-11-12-22-20-10-13-24-27(4,5)25(30)15-18-29(24,7)23(20)14-17-28(21,22)6/h13,19-23,25,30-31H,8-12,14-18H2,1-7H3/t19-,20+,21-,22+,23+,25+,28-,29-/m1/s1. The molecule has 0 radical (unpaired) electrons. The van der Waals surface area contributed by atoms with Crippen LogP contribution in [0, 0.1) is 45.8 Å². The third-order valence-corrected chi connectivity index (χ3v) is 11.1. The fourth-order valence-electron chi connectivity index (χ4n) is 9.42. The Morgan fingerprint density at radius 3 is 2.42 bits per heavy atom. The Labute approximate surface area is 192 Å². The van der Waals surface area contributed by atoms with E-state index >= 15 is 0 Å². The lowest BCUT2D eigenvalue weighted by atomic mass is 9.44. The number of allylic oxidation sites excluding steroid dienone is 1. The molecule has 2 nitrogen and oxygen atoms in total. The van der Waals surface area contributed by atoms with Crippen LogP contribution in [-0.2, 0) is 0 Å². The monoisotopic (exact) mass is 430 g/mol. The zero-order chi connectivity index (χ0) is 22.8. The van der Waals surface area contributed by atoms with Crippen LogP contribution in [-0.4, -0.2) is 21.9 Å². The first-order valence-electron chi connectivity index (χ1n) is 13.4.